The Kier molecular flexibility index (Phi) is 4.24. The number of hydrogen-bond donors (Lipinski definition) is 1. The molecule has 1 aliphatic rings. The van der Waals surface area contributed by atoms with Crippen molar-refractivity contribution in [2.75, 3.05) is 31.4 Å². The number of methoxy groups -OCH3 is 1. The molecule has 3 rings (SSSR count). The molecule has 1 N–H and O–H groups in total. The molecule has 0 aliphatic carbocycles. The first-order valence-electron chi connectivity index (χ1n) is 7.82. The van der Waals surface area contributed by atoms with Crippen molar-refractivity contribution in [2.24, 2.45) is 0 Å². The number of ether oxygens (including phenoxy) is 1. The molecular formula is C17H21N5O2. The van der Waals surface area contributed by atoms with Crippen molar-refractivity contribution in [1.82, 2.24) is 14.8 Å². The van der Waals surface area contributed by atoms with Crippen molar-refractivity contribution >= 4 is 17.6 Å². The largest absolute Gasteiger partial charge is 0.466 e. The van der Waals surface area contributed by atoms with Crippen LogP contribution in [0, 0.1) is 0 Å². The van der Waals surface area contributed by atoms with Gasteiger partial charge in [-0.3, -0.25) is 0 Å². The van der Waals surface area contributed by atoms with Crippen molar-refractivity contribution in [3.63, 3.8) is 0 Å². The van der Waals surface area contributed by atoms with E-state index in [-0.39, 0.29) is 12.0 Å². The smallest absolute Gasteiger partial charge is 0.338 e. The molecule has 0 spiro atoms. The Labute approximate surface area is 140 Å². The summed E-state index contributed by atoms with van der Waals surface area (Å²) in [5.74, 6) is 0.267. The Balaban J connectivity index is 2.14. The van der Waals surface area contributed by atoms with E-state index in [1.807, 2.05) is 50.2 Å². The van der Waals surface area contributed by atoms with Gasteiger partial charge in [0.2, 0.25) is 5.95 Å². The van der Waals surface area contributed by atoms with Crippen molar-refractivity contribution in [1.29, 1.82) is 0 Å². The van der Waals surface area contributed by atoms with Crippen molar-refractivity contribution < 1.29 is 9.53 Å². The molecule has 24 heavy (non-hydrogen) atoms. The van der Waals surface area contributed by atoms with E-state index in [0.29, 0.717) is 17.9 Å². The van der Waals surface area contributed by atoms with E-state index >= 15 is 0 Å². The minimum Gasteiger partial charge on any atom is -0.466 e. The molecule has 126 valence electrons. The van der Waals surface area contributed by atoms with Crippen LogP contribution in [0.4, 0.5) is 11.6 Å². The summed E-state index contributed by atoms with van der Waals surface area (Å²) in [7, 11) is 5.37. The number of nitrogens with one attached hydrogen (secondary N) is 1. The first-order valence-corrected chi connectivity index (χ1v) is 7.82. The second kappa shape index (κ2) is 6.35. The maximum absolute atomic E-state index is 12.4. The molecule has 7 nitrogen and oxygen atoms in total. The van der Waals surface area contributed by atoms with E-state index in [1.54, 1.807) is 4.68 Å². The standard InChI is InChI=1S/C17H21N5O2/c1-5-13-14(16(23)24-4)15(22-17(20-13)18-10-19-22)11-6-8-12(9-7-11)21(2)3/h6-10,15H,5H2,1-4H3,(H,18,19,20)/t15-/m1/s1. The number of nitrogens with zero attached hydrogens (tertiary/aromatic N) is 4. The number of rotatable bonds is 4. The highest BCUT2D eigenvalue weighted by atomic mass is 16.5. The molecule has 1 aliphatic heterocycles. The highest BCUT2D eigenvalue weighted by Gasteiger charge is 2.34. The molecule has 2 heterocycles. The average Bonchev–Trinajstić information content (AvgIpc) is 3.07. The second-order valence-corrected chi connectivity index (χ2v) is 5.78. The maximum atomic E-state index is 12.4. The molecule has 7 heteroatoms. The third kappa shape index (κ3) is 2.62. The van der Waals surface area contributed by atoms with Crippen LogP contribution in [0.2, 0.25) is 0 Å². The Bertz CT molecular complexity index is 777. The van der Waals surface area contributed by atoms with Crippen molar-refractivity contribution in [3.8, 4) is 0 Å². The zero-order valence-electron chi connectivity index (χ0n) is 14.3. The van der Waals surface area contributed by atoms with Crippen LogP contribution in [0.3, 0.4) is 0 Å². The Morgan fingerprint density at radius 3 is 2.62 bits per heavy atom. The summed E-state index contributed by atoms with van der Waals surface area (Å²) in [6.07, 6.45) is 2.15. The molecule has 1 aromatic heterocycles. The van der Waals surface area contributed by atoms with Crippen LogP contribution in [0.5, 0.6) is 0 Å². The minimum absolute atomic E-state index is 0.359. The Morgan fingerprint density at radius 2 is 2.04 bits per heavy atom. The van der Waals surface area contributed by atoms with E-state index in [0.717, 1.165) is 16.9 Å². The molecule has 0 saturated heterocycles. The molecule has 1 aromatic carbocycles. The topological polar surface area (TPSA) is 72.3 Å². The molecule has 0 unspecified atom stereocenters. The van der Waals surface area contributed by atoms with Gasteiger partial charge in [-0.2, -0.15) is 10.1 Å². The van der Waals surface area contributed by atoms with Gasteiger partial charge in [0, 0.05) is 25.5 Å². The monoisotopic (exact) mass is 327 g/mol. The van der Waals surface area contributed by atoms with Gasteiger partial charge >= 0.3 is 5.97 Å². The van der Waals surface area contributed by atoms with Gasteiger partial charge in [-0.25, -0.2) is 9.48 Å². The first kappa shape index (κ1) is 16.0. The lowest BCUT2D eigenvalue weighted by molar-refractivity contribution is -0.136. The predicted molar refractivity (Wildman–Crippen MR) is 91.9 cm³/mol. The van der Waals surface area contributed by atoms with Gasteiger partial charge in [-0.15, -0.1) is 0 Å². The first-order chi connectivity index (χ1) is 11.6. The number of carbonyl (C=O) groups excluding carboxylic acids is 1. The number of carbonyl (C=O) groups is 1. The third-order valence-corrected chi connectivity index (χ3v) is 4.16. The van der Waals surface area contributed by atoms with Crippen molar-refractivity contribution in [3.05, 3.63) is 47.4 Å². The molecule has 0 bridgehead atoms. The Hall–Kier alpha value is -2.83. The quantitative estimate of drug-likeness (QED) is 0.868. The summed E-state index contributed by atoms with van der Waals surface area (Å²) in [4.78, 5) is 18.7. The number of anilines is 2. The van der Waals surface area contributed by atoms with E-state index < -0.39 is 0 Å². The van der Waals surface area contributed by atoms with Gasteiger partial charge in [0.15, 0.2) is 0 Å². The number of esters is 1. The van der Waals surface area contributed by atoms with Gasteiger partial charge in [-0.05, 0) is 24.1 Å². The molecule has 0 saturated carbocycles. The predicted octanol–water partition coefficient (Wildman–Crippen LogP) is 2.20. The van der Waals surface area contributed by atoms with E-state index in [4.69, 9.17) is 4.74 Å². The number of fused-ring (bicyclic) bond motifs is 1. The zero-order valence-corrected chi connectivity index (χ0v) is 14.3. The normalized spacial score (nSPS) is 16.4. The van der Waals surface area contributed by atoms with E-state index in [2.05, 4.69) is 15.4 Å². The second-order valence-electron chi connectivity index (χ2n) is 5.78. The van der Waals surface area contributed by atoms with Gasteiger partial charge in [-0.1, -0.05) is 19.1 Å². The number of benzene rings is 1. The number of aromatic nitrogens is 3. The third-order valence-electron chi connectivity index (χ3n) is 4.16. The summed E-state index contributed by atoms with van der Waals surface area (Å²) in [5.41, 5.74) is 3.42. The molecule has 0 amide bonds. The zero-order chi connectivity index (χ0) is 17.3. The summed E-state index contributed by atoms with van der Waals surface area (Å²) >= 11 is 0. The Morgan fingerprint density at radius 1 is 1.33 bits per heavy atom. The molecule has 0 radical (unpaired) electrons. The molecular weight excluding hydrogens is 306 g/mol. The minimum atomic E-state index is -0.359. The van der Waals surface area contributed by atoms with Crippen LogP contribution in [0.1, 0.15) is 24.9 Å². The summed E-state index contributed by atoms with van der Waals surface area (Å²) in [5, 5.41) is 7.48. The van der Waals surface area contributed by atoms with E-state index in [9.17, 15) is 4.79 Å². The molecule has 0 fully saturated rings. The van der Waals surface area contributed by atoms with Crippen LogP contribution in [0.15, 0.2) is 41.9 Å². The highest BCUT2D eigenvalue weighted by molar-refractivity contribution is 5.92. The van der Waals surface area contributed by atoms with Gasteiger partial charge in [0.25, 0.3) is 0 Å². The summed E-state index contributed by atoms with van der Waals surface area (Å²) in [6, 6.07) is 7.70. The molecule has 1 atom stereocenters. The van der Waals surface area contributed by atoms with Crippen LogP contribution in [-0.4, -0.2) is 41.9 Å². The fraction of sp³-hybridized carbons (Fsp3) is 0.353. The highest BCUT2D eigenvalue weighted by Crippen LogP contribution is 2.36. The average molecular weight is 327 g/mol. The van der Waals surface area contributed by atoms with Crippen molar-refractivity contribution in [2.45, 2.75) is 19.4 Å². The van der Waals surface area contributed by atoms with Gasteiger partial charge < -0.3 is 15.0 Å². The SMILES string of the molecule is CCC1=C(C(=O)OC)[C@@H](c2ccc(N(C)C)cc2)n2ncnc2N1. The summed E-state index contributed by atoms with van der Waals surface area (Å²) < 4.78 is 6.74. The fourth-order valence-corrected chi connectivity index (χ4v) is 2.90. The fourth-order valence-electron chi connectivity index (χ4n) is 2.90. The molecule has 2 aromatic rings. The van der Waals surface area contributed by atoms with Gasteiger partial charge in [0.1, 0.15) is 12.4 Å². The lowest BCUT2D eigenvalue weighted by Crippen LogP contribution is -2.30. The van der Waals surface area contributed by atoms with Crippen LogP contribution in [0.25, 0.3) is 0 Å². The number of hydrogen-bond acceptors (Lipinski definition) is 6. The van der Waals surface area contributed by atoms with Gasteiger partial charge in [0.05, 0.1) is 12.7 Å². The lowest BCUT2D eigenvalue weighted by Gasteiger charge is -2.29. The maximum Gasteiger partial charge on any atom is 0.338 e. The summed E-state index contributed by atoms with van der Waals surface area (Å²) in [6.45, 7) is 1.99. The van der Waals surface area contributed by atoms with Crippen LogP contribution < -0.4 is 10.2 Å². The van der Waals surface area contributed by atoms with Crippen LogP contribution >= 0.6 is 0 Å². The lowest BCUT2D eigenvalue weighted by atomic mass is 9.94. The number of allylic oxidation sites excluding steroid dienone is 1. The van der Waals surface area contributed by atoms with E-state index in [1.165, 1.54) is 13.4 Å². The van der Waals surface area contributed by atoms with Crippen LogP contribution in [-0.2, 0) is 9.53 Å².